The van der Waals surface area contributed by atoms with Crippen molar-refractivity contribution in [2.24, 2.45) is 0 Å². The van der Waals surface area contributed by atoms with E-state index in [-0.39, 0.29) is 0 Å². The van der Waals surface area contributed by atoms with Gasteiger partial charge in [-0.2, -0.15) is 0 Å². The lowest BCUT2D eigenvalue weighted by atomic mass is 10.1. The van der Waals surface area contributed by atoms with Crippen LogP contribution in [0, 0.1) is 0 Å². The van der Waals surface area contributed by atoms with Crippen LogP contribution >= 0.6 is 0 Å². The molecule has 0 bridgehead atoms. The summed E-state index contributed by atoms with van der Waals surface area (Å²) in [5.74, 6) is 0. The number of hydrogen-bond acceptors (Lipinski definition) is 5. The molecule has 0 spiro atoms. The second-order valence-electron chi connectivity index (χ2n) is 3.70. The van der Waals surface area contributed by atoms with Gasteiger partial charge in [0.25, 0.3) is 5.56 Å². The average Bonchev–Trinajstić information content (AvgIpc) is 2.57. The van der Waals surface area contributed by atoms with Crippen LogP contribution in [0.15, 0.2) is 21.9 Å². The summed E-state index contributed by atoms with van der Waals surface area (Å²) in [6.45, 7) is -0.559. The van der Waals surface area contributed by atoms with Crippen molar-refractivity contribution in [2.45, 2.75) is 24.6 Å². The minimum absolute atomic E-state index is 0.559. The highest BCUT2D eigenvalue weighted by Gasteiger charge is 2.45. The molecular weight excluding hydrogens is 235 g/mol. The van der Waals surface area contributed by atoms with Crippen molar-refractivity contribution in [3.63, 3.8) is 0 Å². The molecule has 0 amide bonds. The molecule has 1 aliphatic rings. The third-order valence-corrected chi connectivity index (χ3v) is 2.60. The fraction of sp³-hybridized carbons (Fsp3) is 0.556. The van der Waals surface area contributed by atoms with E-state index in [0.717, 1.165) is 16.8 Å². The van der Waals surface area contributed by atoms with E-state index in [9.17, 15) is 19.1 Å². The predicted molar refractivity (Wildman–Crippen MR) is 53.2 cm³/mol. The highest BCUT2D eigenvalue weighted by molar-refractivity contribution is 4.93. The SMILES string of the molecule is O=c1ccn([C@@H]2O[C@@H](CO)[C@@H](O)[C@@H]2F)c(=O)[nH]1. The fourth-order valence-electron chi connectivity index (χ4n) is 1.71. The number of halogens is 1. The van der Waals surface area contributed by atoms with Gasteiger partial charge < -0.3 is 14.9 Å². The Bertz CT molecular complexity index is 513. The summed E-state index contributed by atoms with van der Waals surface area (Å²) in [6, 6.07) is 1.04. The quantitative estimate of drug-likeness (QED) is 0.567. The van der Waals surface area contributed by atoms with Crippen molar-refractivity contribution < 1.29 is 19.3 Å². The molecule has 0 aromatic carbocycles. The molecule has 1 saturated heterocycles. The third kappa shape index (κ3) is 2.02. The molecule has 2 rings (SSSR count). The summed E-state index contributed by atoms with van der Waals surface area (Å²) in [5.41, 5.74) is -1.45. The number of aromatic amines is 1. The number of nitrogens with zero attached hydrogens (tertiary/aromatic N) is 1. The van der Waals surface area contributed by atoms with E-state index >= 15 is 0 Å². The monoisotopic (exact) mass is 246 g/mol. The number of alkyl halides is 1. The molecule has 94 valence electrons. The first-order valence-corrected chi connectivity index (χ1v) is 4.94. The molecule has 3 N–H and O–H groups in total. The summed E-state index contributed by atoms with van der Waals surface area (Å²) < 4.78 is 19.5. The van der Waals surface area contributed by atoms with Gasteiger partial charge in [0.2, 0.25) is 0 Å². The van der Waals surface area contributed by atoms with Crippen molar-refractivity contribution in [2.75, 3.05) is 6.61 Å². The minimum Gasteiger partial charge on any atom is -0.394 e. The van der Waals surface area contributed by atoms with Crippen LogP contribution in [0.2, 0.25) is 0 Å². The van der Waals surface area contributed by atoms with E-state index in [1.54, 1.807) is 0 Å². The molecule has 2 heterocycles. The maximum Gasteiger partial charge on any atom is 0.330 e. The number of rotatable bonds is 2. The van der Waals surface area contributed by atoms with Gasteiger partial charge in [0.1, 0.15) is 12.2 Å². The van der Waals surface area contributed by atoms with E-state index in [1.807, 2.05) is 4.98 Å². The molecule has 17 heavy (non-hydrogen) atoms. The summed E-state index contributed by atoms with van der Waals surface area (Å²) in [6.07, 6.45) is -4.73. The minimum atomic E-state index is -1.85. The number of aliphatic hydroxyl groups excluding tert-OH is 2. The van der Waals surface area contributed by atoms with Crippen molar-refractivity contribution in [3.8, 4) is 0 Å². The highest BCUT2D eigenvalue weighted by Crippen LogP contribution is 2.30. The number of hydrogen-bond donors (Lipinski definition) is 3. The van der Waals surface area contributed by atoms with E-state index in [4.69, 9.17) is 9.84 Å². The molecular formula is C9H11FN2O5. The van der Waals surface area contributed by atoms with E-state index < -0.39 is 42.5 Å². The molecule has 1 fully saturated rings. The van der Waals surface area contributed by atoms with Gasteiger partial charge >= 0.3 is 5.69 Å². The van der Waals surface area contributed by atoms with Crippen LogP contribution in [0.1, 0.15) is 6.23 Å². The van der Waals surface area contributed by atoms with Crippen LogP contribution < -0.4 is 11.2 Å². The van der Waals surface area contributed by atoms with Crippen LogP contribution in [0.4, 0.5) is 4.39 Å². The Morgan fingerprint density at radius 1 is 1.53 bits per heavy atom. The maximum absolute atomic E-state index is 13.6. The normalized spacial score (nSPS) is 32.9. The summed E-state index contributed by atoms with van der Waals surface area (Å²) in [4.78, 5) is 24.2. The Kier molecular flexibility index (Phi) is 3.09. The van der Waals surface area contributed by atoms with Crippen molar-refractivity contribution in [1.82, 2.24) is 9.55 Å². The number of H-pyrrole nitrogens is 1. The molecule has 0 aliphatic carbocycles. The highest BCUT2D eigenvalue weighted by atomic mass is 19.1. The largest absolute Gasteiger partial charge is 0.394 e. The van der Waals surface area contributed by atoms with Gasteiger partial charge in [-0.15, -0.1) is 0 Å². The van der Waals surface area contributed by atoms with Crippen LogP contribution in [0.3, 0.4) is 0 Å². The Hall–Kier alpha value is -1.51. The van der Waals surface area contributed by atoms with E-state index in [1.165, 1.54) is 0 Å². The zero-order chi connectivity index (χ0) is 12.6. The lowest BCUT2D eigenvalue weighted by Crippen LogP contribution is -2.35. The maximum atomic E-state index is 13.6. The number of aliphatic hydroxyl groups is 2. The summed E-state index contributed by atoms with van der Waals surface area (Å²) >= 11 is 0. The molecule has 0 saturated carbocycles. The first kappa shape index (κ1) is 12.0. The Morgan fingerprint density at radius 3 is 2.76 bits per heavy atom. The van der Waals surface area contributed by atoms with Crippen LogP contribution in [0.25, 0.3) is 0 Å². The number of nitrogens with one attached hydrogen (secondary N) is 1. The second-order valence-corrected chi connectivity index (χ2v) is 3.70. The van der Waals surface area contributed by atoms with Crippen LogP contribution in [0.5, 0.6) is 0 Å². The van der Waals surface area contributed by atoms with Gasteiger partial charge in [0, 0.05) is 12.3 Å². The second kappa shape index (κ2) is 4.40. The molecule has 1 aromatic heterocycles. The smallest absolute Gasteiger partial charge is 0.330 e. The van der Waals surface area contributed by atoms with Gasteiger partial charge in [0.05, 0.1) is 6.61 Å². The predicted octanol–water partition coefficient (Wildman–Crippen LogP) is -1.87. The molecule has 1 aromatic rings. The van der Waals surface area contributed by atoms with Crippen LogP contribution in [-0.2, 0) is 4.74 Å². The average molecular weight is 246 g/mol. The molecule has 0 unspecified atom stereocenters. The third-order valence-electron chi connectivity index (χ3n) is 2.60. The van der Waals surface area contributed by atoms with Gasteiger partial charge in [-0.25, -0.2) is 9.18 Å². The van der Waals surface area contributed by atoms with Gasteiger partial charge in [-0.1, -0.05) is 0 Å². The fourth-order valence-corrected chi connectivity index (χ4v) is 1.71. The molecule has 1 aliphatic heterocycles. The van der Waals surface area contributed by atoms with E-state index in [2.05, 4.69) is 0 Å². The summed E-state index contributed by atoms with van der Waals surface area (Å²) in [5, 5.41) is 18.2. The van der Waals surface area contributed by atoms with Gasteiger partial charge in [-0.3, -0.25) is 14.3 Å². The Labute approximate surface area is 94.1 Å². The van der Waals surface area contributed by atoms with Gasteiger partial charge in [0.15, 0.2) is 12.4 Å². The topological polar surface area (TPSA) is 105 Å². The van der Waals surface area contributed by atoms with Crippen LogP contribution in [-0.4, -0.2) is 44.8 Å². The first-order chi connectivity index (χ1) is 8.04. The zero-order valence-electron chi connectivity index (χ0n) is 8.62. The lowest BCUT2D eigenvalue weighted by molar-refractivity contribution is -0.0491. The molecule has 0 radical (unpaired) electrons. The summed E-state index contributed by atoms with van der Waals surface area (Å²) in [7, 11) is 0. The molecule has 8 heteroatoms. The van der Waals surface area contributed by atoms with Crippen molar-refractivity contribution in [1.29, 1.82) is 0 Å². The molecule has 7 nitrogen and oxygen atoms in total. The van der Waals surface area contributed by atoms with Gasteiger partial charge in [-0.05, 0) is 0 Å². The van der Waals surface area contributed by atoms with E-state index in [0.29, 0.717) is 0 Å². The van der Waals surface area contributed by atoms with Crippen molar-refractivity contribution in [3.05, 3.63) is 33.1 Å². The number of aromatic nitrogens is 2. The standard InChI is InChI=1S/C9H11FN2O5/c10-6-7(15)4(3-13)17-8(6)12-2-1-5(14)11-9(12)16/h1-2,4,6-8,13,15H,3H2,(H,11,14,16)/t4-,6-,7+,8+/m0/s1. The zero-order valence-corrected chi connectivity index (χ0v) is 8.62. The Balaban J connectivity index is 2.35. The first-order valence-electron chi connectivity index (χ1n) is 4.94. The molecule has 4 atom stereocenters. The van der Waals surface area contributed by atoms with Crippen molar-refractivity contribution >= 4 is 0 Å². The lowest BCUT2D eigenvalue weighted by Gasteiger charge is -2.15. The Morgan fingerprint density at radius 2 is 2.24 bits per heavy atom. The number of ether oxygens (including phenoxy) is 1.